The Bertz CT molecular complexity index is 538. The zero-order valence-corrected chi connectivity index (χ0v) is 9.74. The van der Waals surface area contributed by atoms with Crippen molar-refractivity contribution >= 4 is 39.3 Å². The second-order valence-corrected chi connectivity index (χ2v) is 4.21. The molecule has 0 fully saturated rings. The quantitative estimate of drug-likeness (QED) is 0.789. The summed E-state index contributed by atoms with van der Waals surface area (Å²) in [6.45, 7) is 0. The second kappa shape index (κ2) is 3.41. The summed E-state index contributed by atoms with van der Waals surface area (Å²) in [4.78, 5) is 34.9. The van der Waals surface area contributed by atoms with Gasteiger partial charge >= 0.3 is 5.97 Å². The Morgan fingerprint density at radius 2 is 2.00 bits per heavy atom. The lowest BCUT2D eigenvalue weighted by atomic mass is 10.1. The smallest absolute Gasteiger partial charge is 0.335 e. The Kier molecular flexibility index (Phi) is 2.31. The molecule has 1 aliphatic heterocycles. The Hall–Kier alpha value is -1.69. The van der Waals surface area contributed by atoms with Crippen LogP contribution in [-0.4, -0.2) is 29.8 Å². The van der Waals surface area contributed by atoms with E-state index in [0.717, 1.165) is 0 Å². The molecule has 0 spiro atoms. The lowest BCUT2D eigenvalue weighted by molar-refractivity contribution is -0.114. The van der Waals surface area contributed by atoms with Gasteiger partial charge in [-0.3, -0.25) is 9.59 Å². The molecule has 0 saturated heterocycles. The number of anilines is 1. The van der Waals surface area contributed by atoms with E-state index in [0.29, 0.717) is 10.2 Å². The summed E-state index contributed by atoms with van der Waals surface area (Å²) in [5.41, 5.74) is 0.515. The van der Waals surface area contributed by atoms with Gasteiger partial charge in [0.1, 0.15) is 0 Å². The summed E-state index contributed by atoms with van der Waals surface area (Å²) < 4.78 is 0.420. The highest BCUT2D eigenvalue weighted by Gasteiger charge is 2.35. The van der Waals surface area contributed by atoms with Gasteiger partial charge in [0.25, 0.3) is 11.7 Å². The van der Waals surface area contributed by atoms with E-state index in [1.54, 1.807) is 0 Å². The number of rotatable bonds is 1. The number of carboxylic acid groups (broad SMARTS) is 1. The number of halogens is 1. The maximum atomic E-state index is 11.5. The number of aromatic carboxylic acids is 1. The van der Waals surface area contributed by atoms with Gasteiger partial charge in [-0.25, -0.2) is 4.79 Å². The van der Waals surface area contributed by atoms with Crippen LogP contribution in [0.4, 0.5) is 5.69 Å². The molecule has 1 amide bonds. The third-order valence-corrected chi connectivity index (χ3v) is 2.99. The summed E-state index contributed by atoms with van der Waals surface area (Å²) in [6, 6.07) is 2.58. The summed E-state index contributed by atoms with van der Waals surface area (Å²) in [7, 11) is 1.47. The number of benzene rings is 1. The number of Topliss-reactive ketones (excluding diaryl/α,β-unsaturated/α-hetero) is 1. The lowest BCUT2D eigenvalue weighted by Crippen LogP contribution is -2.24. The van der Waals surface area contributed by atoms with Crippen LogP contribution in [0.5, 0.6) is 0 Å². The van der Waals surface area contributed by atoms with Crippen molar-refractivity contribution in [2.75, 3.05) is 11.9 Å². The number of ketones is 1. The Labute approximate surface area is 98.8 Å². The molecule has 16 heavy (non-hydrogen) atoms. The van der Waals surface area contributed by atoms with E-state index in [-0.39, 0.29) is 11.1 Å². The molecular weight excluding hydrogens is 278 g/mol. The molecule has 0 radical (unpaired) electrons. The number of carbonyl (C=O) groups excluding carboxylic acids is 2. The molecule has 82 valence electrons. The number of hydrogen-bond donors (Lipinski definition) is 1. The van der Waals surface area contributed by atoms with Gasteiger partial charge in [-0.2, -0.15) is 0 Å². The normalized spacial score (nSPS) is 14.2. The predicted octanol–water partition coefficient (Wildman–Crippen LogP) is 1.31. The fourth-order valence-electron chi connectivity index (χ4n) is 1.61. The fraction of sp³-hybridized carbons (Fsp3) is 0.100. The number of hydrogen-bond acceptors (Lipinski definition) is 3. The molecule has 1 aliphatic rings. The molecule has 6 heteroatoms. The standard InChI is InChI=1S/C10H6BrNO4/c1-12-7-5(8(13)9(12)14)2-4(10(15)16)3-6(7)11/h2-3H,1H3,(H,15,16). The highest BCUT2D eigenvalue weighted by atomic mass is 79.9. The maximum Gasteiger partial charge on any atom is 0.335 e. The average molecular weight is 284 g/mol. The van der Waals surface area contributed by atoms with Crippen molar-refractivity contribution in [2.24, 2.45) is 0 Å². The predicted molar refractivity (Wildman–Crippen MR) is 58.8 cm³/mol. The van der Waals surface area contributed by atoms with Gasteiger partial charge in [-0.05, 0) is 28.1 Å². The van der Waals surface area contributed by atoms with Crippen LogP contribution in [0.3, 0.4) is 0 Å². The van der Waals surface area contributed by atoms with E-state index in [2.05, 4.69) is 15.9 Å². The van der Waals surface area contributed by atoms with Crippen LogP contribution in [0, 0.1) is 0 Å². The minimum absolute atomic E-state index is 0.0259. The van der Waals surface area contributed by atoms with Gasteiger partial charge in [0.05, 0.1) is 16.8 Å². The van der Waals surface area contributed by atoms with Gasteiger partial charge < -0.3 is 10.0 Å². The summed E-state index contributed by atoms with van der Waals surface area (Å²) in [5.74, 6) is -2.47. The molecule has 1 N–H and O–H groups in total. The van der Waals surface area contributed by atoms with Crippen molar-refractivity contribution < 1.29 is 19.5 Å². The van der Waals surface area contributed by atoms with Gasteiger partial charge in [0.2, 0.25) is 0 Å². The first kappa shape index (κ1) is 10.8. The molecule has 2 rings (SSSR count). The number of amides is 1. The summed E-state index contributed by atoms with van der Waals surface area (Å²) in [6.07, 6.45) is 0. The first-order chi connectivity index (χ1) is 7.43. The highest BCUT2D eigenvalue weighted by molar-refractivity contribution is 9.10. The zero-order chi connectivity index (χ0) is 12.0. The van der Waals surface area contributed by atoms with Crippen molar-refractivity contribution in [1.29, 1.82) is 0 Å². The van der Waals surface area contributed by atoms with Gasteiger partial charge in [-0.1, -0.05) is 0 Å². The van der Waals surface area contributed by atoms with E-state index in [1.807, 2.05) is 0 Å². The van der Waals surface area contributed by atoms with Gasteiger partial charge in [0.15, 0.2) is 0 Å². The van der Waals surface area contributed by atoms with E-state index in [1.165, 1.54) is 24.1 Å². The summed E-state index contributed by atoms with van der Waals surface area (Å²) >= 11 is 3.15. The van der Waals surface area contributed by atoms with Crippen LogP contribution < -0.4 is 4.90 Å². The van der Waals surface area contributed by atoms with Crippen LogP contribution in [-0.2, 0) is 4.79 Å². The molecule has 0 bridgehead atoms. The van der Waals surface area contributed by atoms with Crippen LogP contribution in [0.1, 0.15) is 20.7 Å². The van der Waals surface area contributed by atoms with E-state index >= 15 is 0 Å². The molecule has 0 atom stereocenters. The molecule has 0 saturated carbocycles. The number of carbonyl (C=O) groups is 3. The molecule has 1 aromatic rings. The first-order valence-corrected chi connectivity index (χ1v) is 5.12. The average Bonchev–Trinajstić information content (AvgIpc) is 2.44. The molecule has 0 aliphatic carbocycles. The third-order valence-electron chi connectivity index (χ3n) is 2.39. The Balaban J connectivity index is 2.72. The molecule has 1 heterocycles. The third kappa shape index (κ3) is 1.34. The number of nitrogens with zero attached hydrogens (tertiary/aromatic N) is 1. The Morgan fingerprint density at radius 1 is 1.38 bits per heavy atom. The molecule has 0 unspecified atom stereocenters. The van der Waals surface area contributed by atoms with Crippen LogP contribution in [0.15, 0.2) is 16.6 Å². The Morgan fingerprint density at radius 3 is 2.56 bits per heavy atom. The van der Waals surface area contributed by atoms with Crippen molar-refractivity contribution in [3.63, 3.8) is 0 Å². The topological polar surface area (TPSA) is 74.7 Å². The van der Waals surface area contributed by atoms with Crippen molar-refractivity contribution in [3.8, 4) is 0 Å². The minimum atomic E-state index is -1.14. The van der Waals surface area contributed by atoms with Crippen molar-refractivity contribution in [3.05, 3.63) is 27.7 Å². The van der Waals surface area contributed by atoms with Crippen LogP contribution >= 0.6 is 15.9 Å². The molecule has 0 aromatic heterocycles. The molecular formula is C10H6BrNO4. The lowest BCUT2D eigenvalue weighted by Gasteiger charge is -2.11. The van der Waals surface area contributed by atoms with Crippen LogP contribution in [0.25, 0.3) is 0 Å². The molecule has 5 nitrogen and oxygen atoms in total. The number of likely N-dealkylation sites (N-methyl/N-ethyl adjacent to an activating group) is 1. The monoisotopic (exact) mass is 283 g/mol. The number of fused-ring (bicyclic) bond motifs is 1. The second-order valence-electron chi connectivity index (χ2n) is 3.35. The van der Waals surface area contributed by atoms with E-state index in [9.17, 15) is 14.4 Å². The minimum Gasteiger partial charge on any atom is -0.478 e. The fourth-order valence-corrected chi connectivity index (χ4v) is 2.33. The van der Waals surface area contributed by atoms with E-state index in [4.69, 9.17) is 5.11 Å². The first-order valence-electron chi connectivity index (χ1n) is 4.32. The maximum absolute atomic E-state index is 11.5. The number of carboxylic acids is 1. The zero-order valence-electron chi connectivity index (χ0n) is 8.15. The largest absolute Gasteiger partial charge is 0.478 e. The van der Waals surface area contributed by atoms with Crippen molar-refractivity contribution in [2.45, 2.75) is 0 Å². The van der Waals surface area contributed by atoms with Crippen molar-refractivity contribution in [1.82, 2.24) is 0 Å². The van der Waals surface area contributed by atoms with Crippen LogP contribution in [0.2, 0.25) is 0 Å². The van der Waals surface area contributed by atoms with Gasteiger partial charge in [0, 0.05) is 11.5 Å². The highest BCUT2D eigenvalue weighted by Crippen LogP contribution is 2.36. The molecule has 1 aromatic carbocycles. The summed E-state index contributed by atoms with van der Waals surface area (Å²) in [5, 5.41) is 8.83. The SMILES string of the molecule is CN1C(=O)C(=O)c2cc(C(=O)O)cc(Br)c21. The van der Waals surface area contributed by atoms with Gasteiger partial charge in [-0.15, -0.1) is 0 Å². The van der Waals surface area contributed by atoms with E-state index < -0.39 is 17.7 Å².